The minimum atomic E-state index is -0.855. The van der Waals surface area contributed by atoms with E-state index in [2.05, 4.69) is 273 Å². The first-order valence-corrected chi connectivity index (χ1v) is 42.7. The van der Waals surface area contributed by atoms with Crippen LogP contribution in [-0.4, -0.2) is 89.3 Å². The monoisotopic (exact) mass is 1750 g/mol. The molecule has 4 N–H and O–H groups in total. The number of benzene rings is 12. The van der Waals surface area contributed by atoms with Gasteiger partial charge in [-0.2, -0.15) is 0 Å². The van der Waals surface area contributed by atoms with Crippen molar-refractivity contribution in [1.29, 1.82) is 0 Å². The second-order valence-electron chi connectivity index (χ2n) is 30.5. The average molecular weight is 1750 g/mol. The van der Waals surface area contributed by atoms with Gasteiger partial charge in [0.2, 0.25) is 0 Å². The maximum atomic E-state index is 10.9. The summed E-state index contributed by atoms with van der Waals surface area (Å²) in [6, 6.07) is 112. The molecular formula is C106H94N18O8. The van der Waals surface area contributed by atoms with E-state index in [9.17, 15) is 19.2 Å². The lowest BCUT2D eigenvalue weighted by Gasteiger charge is -2.19. The molecule has 0 amide bonds. The summed E-state index contributed by atoms with van der Waals surface area (Å²) in [6.45, 7) is 2.58. The van der Waals surface area contributed by atoms with Crippen LogP contribution in [0.25, 0.3) is 64.8 Å². The number of azide groups is 3. The molecule has 0 saturated carbocycles. The fraction of sp³-hybridized carbons (Fsp3) is 0.151. The van der Waals surface area contributed by atoms with Crippen molar-refractivity contribution in [2.24, 2.45) is 15.3 Å². The Hall–Kier alpha value is -17.4. The average Bonchev–Trinajstić information content (AvgIpc) is 1.25. The minimum absolute atomic E-state index is 0.0225. The molecule has 0 unspecified atom stereocenters. The lowest BCUT2D eigenvalue weighted by molar-refractivity contribution is -0.138. The Bertz CT molecular complexity index is 6500. The second-order valence-corrected chi connectivity index (χ2v) is 30.5. The first-order chi connectivity index (χ1) is 64.6. The molecule has 3 aromatic heterocycles. The fourth-order valence-corrected chi connectivity index (χ4v) is 14.8. The summed E-state index contributed by atoms with van der Waals surface area (Å²) >= 11 is 0. The predicted octanol–water partition coefficient (Wildman–Crippen LogP) is 22.7. The van der Waals surface area contributed by atoms with Crippen molar-refractivity contribution < 1.29 is 39.6 Å². The van der Waals surface area contributed by atoms with E-state index in [4.69, 9.17) is 43.4 Å². The molecule has 26 heteroatoms. The van der Waals surface area contributed by atoms with Crippen LogP contribution in [0.5, 0.6) is 0 Å². The van der Waals surface area contributed by atoms with Crippen LogP contribution in [0.4, 0.5) is 0 Å². The van der Waals surface area contributed by atoms with Crippen LogP contribution in [0.15, 0.2) is 362 Å². The molecule has 12 aromatic carbocycles. The van der Waals surface area contributed by atoms with Crippen LogP contribution in [0, 0.1) is 12.3 Å². The number of aryl methyl sites for hydroxylation is 3. The Morgan fingerprint density at radius 2 is 0.485 bits per heavy atom. The van der Waals surface area contributed by atoms with Crippen LogP contribution in [0.3, 0.4) is 0 Å². The second kappa shape index (κ2) is 49.5. The van der Waals surface area contributed by atoms with E-state index in [0.29, 0.717) is 83.5 Å². The minimum Gasteiger partial charge on any atom is -0.481 e. The lowest BCUT2D eigenvalue weighted by atomic mass is 9.85. The van der Waals surface area contributed by atoms with E-state index in [0.717, 1.165) is 145 Å². The summed E-state index contributed by atoms with van der Waals surface area (Å²) in [6.07, 6.45) is 13.6. The van der Waals surface area contributed by atoms with Gasteiger partial charge in [0.1, 0.15) is 0 Å². The summed E-state index contributed by atoms with van der Waals surface area (Å²) in [5.41, 5.74) is 53.9. The third-order valence-corrected chi connectivity index (χ3v) is 21.0. The van der Waals surface area contributed by atoms with Crippen molar-refractivity contribution in [3.8, 4) is 12.3 Å². The third-order valence-electron chi connectivity index (χ3n) is 21.0. The molecule has 3 heterocycles. The Labute approximate surface area is 763 Å². The van der Waals surface area contributed by atoms with Crippen molar-refractivity contribution in [1.82, 2.24) is 45.0 Å². The molecule has 0 aliphatic rings. The summed E-state index contributed by atoms with van der Waals surface area (Å²) in [4.78, 5) is 50.8. The molecule has 0 fully saturated rings. The van der Waals surface area contributed by atoms with Gasteiger partial charge in [-0.25, -0.2) is 14.0 Å². The van der Waals surface area contributed by atoms with Crippen LogP contribution in [-0.2, 0) is 77.7 Å². The van der Waals surface area contributed by atoms with Gasteiger partial charge >= 0.3 is 23.9 Å². The third kappa shape index (κ3) is 28.3. The van der Waals surface area contributed by atoms with E-state index in [1.165, 1.54) is 0 Å². The summed E-state index contributed by atoms with van der Waals surface area (Å²) < 4.78 is 5.30. The van der Waals surface area contributed by atoms with E-state index >= 15 is 0 Å². The molecule has 0 aliphatic carbocycles. The first-order valence-electron chi connectivity index (χ1n) is 42.7. The highest BCUT2D eigenvalue weighted by atomic mass is 16.4. The Kier molecular flexibility index (Phi) is 35.2. The van der Waals surface area contributed by atoms with Crippen molar-refractivity contribution in [2.75, 3.05) is 0 Å². The number of aromatic nitrogens is 9. The molecule has 0 aliphatic heterocycles. The summed E-state index contributed by atoms with van der Waals surface area (Å²) in [5, 5.41) is 71.0. The lowest BCUT2D eigenvalue weighted by Crippen LogP contribution is -2.02. The molecular weight excluding hydrogens is 1650 g/mol. The van der Waals surface area contributed by atoms with E-state index in [1.807, 2.05) is 134 Å². The highest BCUT2D eigenvalue weighted by Gasteiger charge is 2.22. The molecule has 0 spiro atoms. The largest absolute Gasteiger partial charge is 0.481 e. The number of aliphatic carboxylic acids is 4. The van der Waals surface area contributed by atoms with Crippen LogP contribution >= 0.6 is 0 Å². The van der Waals surface area contributed by atoms with Gasteiger partial charge < -0.3 is 20.4 Å². The van der Waals surface area contributed by atoms with Gasteiger partial charge in [0.25, 0.3) is 0 Å². The zero-order chi connectivity index (χ0) is 92.4. The Morgan fingerprint density at radius 3 is 0.682 bits per heavy atom. The summed E-state index contributed by atoms with van der Waals surface area (Å²) in [5.74, 6) is -1.08. The Morgan fingerprint density at radius 1 is 0.280 bits per heavy atom. The molecule has 15 aromatic rings. The van der Waals surface area contributed by atoms with Gasteiger partial charge in [-0.3, -0.25) is 19.2 Å². The van der Waals surface area contributed by atoms with E-state index in [1.54, 1.807) is 20.2 Å². The molecule has 0 saturated heterocycles. The molecule has 26 nitrogen and oxygen atoms in total. The number of carboxylic acids is 4. The van der Waals surface area contributed by atoms with Crippen molar-refractivity contribution >= 4 is 57.3 Å². The number of nitrogens with zero attached hydrogens (tertiary/aromatic N) is 18. The highest BCUT2D eigenvalue weighted by Crippen LogP contribution is 2.41. The Balaban J connectivity index is 0.000000175. The molecule has 656 valence electrons. The quantitative estimate of drug-likeness (QED) is 0.00924. The van der Waals surface area contributed by atoms with Gasteiger partial charge in [-0.05, 0) is 176 Å². The van der Waals surface area contributed by atoms with Crippen LogP contribution < -0.4 is 0 Å². The van der Waals surface area contributed by atoms with Gasteiger partial charge in [-0.1, -0.05) is 359 Å². The number of hydrogen-bond acceptors (Lipinski definition) is 13. The maximum Gasteiger partial charge on any atom is 0.304 e. The zero-order valence-electron chi connectivity index (χ0n) is 72.3. The van der Waals surface area contributed by atoms with Crippen molar-refractivity contribution in [2.45, 2.75) is 103 Å². The standard InChI is InChI=1S/C39H36N6O4.C34H30N6O2.C28H22N6.C5H6O2/c46-36(47)13-7-12-34-26-44(42-40-34)24-28-14-18-32(19-15-28)38(30-8-3-1-4-9-30)39(31-10-5-2-6-11-31)33-20-16-29(17-21-33)25-45-27-35(41-43-45)22-23-37(48)49;35-38-36-22-25-14-18-29(19-15-25)33(27-8-3-1-4-9-27)34(28-10-5-2-6-11-28)30-20-16-26(17-21-30)23-40-24-31(37-39-40)12-7-13-32(41)42;29-33-31-19-21-11-15-25(16-12-21)27(23-7-3-1-4-8-23)28(24-9-5-2-6-10-24)26-17-13-22(14-18-26)20-32-34-30;1-2-3-4-5(6)7/h1-6,8-11,14-21,26-27H,7,12-13,22-25H2,(H,46,47)(H,48,49);1-6,8-11,14-21,24H,7,12-13,22-23H2,(H,41,42);1-18H,19-20H2;1H,3-4H2,(H,6,7)/b39-38+;34-33+;28-27+;. The smallest absolute Gasteiger partial charge is 0.304 e. The predicted molar refractivity (Wildman–Crippen MR) is 511 cm³/mol. The topological polar surface area (TPSA) is 388 Å². The molecule has 15 rings (SSSR count). The van der Waals surface area contributed by atoms with Crippen molar-refractivity contribution in [3.05, 3.63) is 495 Å². The highest BCUT2D eigenvalue weighted by molar-refractivity contribution is 6.07. The van der Waals surface area contributed by atoms with Gasteiger partial charge in [-0.15, -0.1) is 27.6 Å². The maximum absolute atomic E-state index is 10.9. The molecule has 0 atom stereocenters. The van der Waals surface area contributed by atoms with E-state index in [-0.39, 0.29) is 25.7 Å². The fourth-order valence-electron chi connectivity index (χ4n) is 14.8. The van der Waals surface area contributed by atoms with Gasteiger partial charge in [0.15, 0.2) is 0 Å². The van der Waals surface area contributed by atoms with E-state index < -0.39 is 23.9 Å². The number of terminal acetylenes is 1. The normalized spacial score (nSPS) is 11.2. The molecule has 0 bridgehead atoms. The first kappa shape index (κ1) is 93.8. The zero-order valence-corrected chi connectivity index (χ0v) is 72.3. The van der Waals surface area contributed by atoms with Crippen molar-refractivity contribution in [3.63, 3.8) is 0 Å². The number of carboxylic acid groups (broad SMARTS) is 4. The number of carbonyl (C=O) groups is 4. The van der Waals surface area contributed by atoms with Crippen LogP contribution in [0.2, 0.25) is 0 Å². The van der Waals surface area contributed by atoms with Gasteiger partial charge in [0, 0.05) is 59.0 Å². The summed E-state index contributed by atoms with van der Waals surface area (Å²) in [7, 11) is 0. The number of rotatable bonds is 37. The number of hydrogen-bond donors (Lipinski definition) is 4. The molecule has 132 heavy (non-hydrogen) atoms. The molecule has 0 radical (unpaired) electrons. The van der Waals surface area contributed by atoms with Gasteiger partial charge in [0.05, 0.1) is 69.2 Å². The SMILES string of the molecule is C#CCCC(=O)O.O=C(O)CCCc1cn(Cc2ccc(/C(=C(\c3ccccc3)c3ccc(Cn4cc(CCC(=O)O)nn4)cc3)c3ccccc3)cc2)nn1.[N-]=[N+]=NCc1ccc(/C(=C(\c2ccccc2)c2ccc(CN=[N+]=[N-])cc2)c2ccccc2)cc1.[N-]=[N+]=NCc1ccc(/C(=C(\c2ccccc2)c2ccc(Cn3cc(CCCC(=O)O)nn3)cc2)c2ccccc2)cc1. The van der Waals surface area contributed by atoms with Crippen LogP contribution in [0.1, 0.15) is 162 Å².